The second kappa shape index (κ2) is 7.63. The van der Waals surface area contributed by atoms with Crippen LogP contribution in [-0.2, 0) is 13.1 Å². The fourth-order valence-electron chi connectivity index (χ4n) is 3.89. The Morgan fingerprint density at radius 3 is 2.62 bits per heavy atom. The number of hydrogen-bond acceptors (Lipinski definition) is 6. The van der Waals surface area contributed by atoms with E-state index in [4.69, 9.17) is 0 Å². The average molecular weight is 388 g/mol. The number of imidazole rings is 1. The van der Waals surface area contributed by atoms with E-state index in [-0.39, 0.29) is 0 Å². The standard InChI is InChI=1S/C21H24N8/c1-17-13-20(29-21(25-17)23-16-24-29)27-11-9-26(10-12-27)15-19-22-7-8-28(19)14-18-5-3-2-4-6-18/h2-8,13,16H,9-12,14-15H2,1H3. The zero-order chi connectivity index (χ0) is 19.6. The Balaban J connectivity index is 1.25. The highest BCUT2D eigenvalue weighted by atomic mass is 15.4. The van der Waals surface area contributed by atoms with Crippen LogP contribution in [0.1, 0.15) is 17.1 Å². The number of piperazine rings is 1. The molecule has 1 fully saturated rings. The molecule has 8 nitrogen and oxygen atoms in total. The van der Waals surface area contributed by atoms with Gasteiger partial charge in [-0.3, -0.25) is 4.90 Å². The number of aromatic nitrogens is 6. The fraction of sp³-hybridized carbons (Fsp3) is 0.333. The first-order valence-electron chi connectivity index (χ1n) is 9.95. The topological polar surface area (TPSA) is 67.4 Å². The molecule has 0 radical (unpaired) electrons. The van der Waals surface area contributed by atoms with Crippen LogP contribution in [0, 0.1) is 6.92 Å². The smallest absolute Gasteiger partial charge is 0.254 e. The first-order valence-corrected chi connectivity index (χ1v) is 9.95. The van der Waals surface area contributed by atoms with Crippen LogP contribution in [0.15, 0.2) is 55.1 Å². The molecule has 0 atom stereocenters. The molecular weight excluding hydrogens is 364 g/mol. The maximum absolute atomic E-state index is 4.61. The molecule has 1 aliphatic heterocycles. The Hall–Kier alpha value is -3.26. The average Bonchev–Trinajstić information content (AvgIpc) is 3.38. The molecule has 0 aliphatic carbocycles. The van der Waals surface area contributed by atoms with Gasteiger partial charge in [0.25, 0.3) is 5.78 Å². The van der Waals surface area contributed by atoms with E-state index >= 15 is 0 Å². The van der Waals surface area contributed by atoms with Crippen molar-refractivity contribution in [3.8, 4) is 0 Å². The lowest BCUT2D eigenvalue weighted by Gasteiger charge is -2.35. The summed E-state index contributed by atoms with van der Waals surface area (Å²) >= 11 is 0. The molecule has 4 aromatic rings. The quantitative estimate of drug-likeness (QED) is 0.521. The fourth-order valence-corrected chi connectivity index (χ4v) is 3.89. The molecule has 29 heavy (non-hydrogen) atoms. The number of fused-ring (bicyclic) bond motifs is 1. The van der Waals surface area contributed by atoms with Crippen molar-refractivity contribution in [2.75, 3.05) is 31.1 Å². The highest BCUT2D eigenvalue weighted by Gasteiger charge is 2.21. The molecule has 148 valence electrons. The molecule has 0 unspecified atom stereocenters. The molecule has 0 amide bonds. The van der Waals surface area contributed by atoms with E-state index in [2.05, 4.69) is 77.0 Å². The van der Waals surface area contributed by atoms with Gasteiger partial charge in [0.1, 0.15) is 18.0 Å². The van der Waals surface area contributed by atoms with Crippen LogP contribution >= 0.6 is 0 Å². The second-order valence-corrected chi connectivity index (χ2v) is 7.45. The SMILES string of the molecule is Cc1cc(N2CCN(Cc3nccn3Cc3ccccc3)CC2)n2ncnc2n1. The number of hydrogen-bond donors (Lipinski definition) is 0. The second-order valence-electron chi connectivity index (χ2n) is 7.45. The minimum atomic E-state index is 0.658. The van der Waals surface area contributed by atoms with E-state index in [1.807, 2.05) is 17.6 Å². The Kier molecular flexibility index (Phi) is 4.69. The van der Waals surface area contributed by atoms with Gasteiger partial charge in [-0.2, -0.15) is 14.6 Å². The zero-order valence-corrected chi connectivity index (χ0v) is 16.5. The summed E-state index contributed by atoms with van der Waals surface area (Å²) in [5.74, 6) is 2.83. The van der Waals surface area contributed by atoms with Gasteiger partial charge in [0, 0.05) is 56.9 Å². The van der Waals surface area contributed by atoms with Crippen molar-refractivity contribution in [2.45, 2.75) is 20.0 Å². The molecule has 1 aromatic carbocycles. The number of aryl methyl sites for hydroxylation is 1. The highest BCUT2D eigenvalue weighted by Crippen LogP contribution is 2.18. The van der Waals surface area contributed by atoms with E-state index in [1.54, 1.807) is 6.33 Å². The lowest BCUT2D eigenvalue weighted by molar-refractivity contribution is 0.240. The van der Waals surface area contributed by atoms with Gasteiger partial charge in [0.2, 0.25) is 0 Å². The lowest BCUT2D eigenvalue weighted by atomic mass is 10.2. The Labute approximate surface area is 169 Å². The van der Waals surface area contributed by atoms with E-state index in [0.29, 0.717) is 5.78 Å². The van der Waals surface area contributed by atoms with E-state index in [9.17, 15) is 0 Å². The van der Waals surface area contributed by atoms with Crippen LogP contribution in [0.4, 0.5) is 5.82 Å². The van der Waals surface area contributed by atoms with Gasteiger partial charge in [-0.1, -0.05) is 30.3 Å². The van der Waals surface area contributed by atoms with Gasteiger partial charge in [-0.05, 0) is 12.5 Å². The largest absolute Gasteiger partial charge is 0.354 e. The number of rotatable bonds is 5. The van der Waals surface area contributed by atoms with E-state index in [1.165, 1.54) is 5.56 Å². The minimum Gasteiger partial charge on any atom is -0.354 e. The zero-order valence-electron chi connectivity index (χ0n) is 16.5. The van der Waals surface area contributed by atoms with Crippen LogP contribution < -0.4 is 4.90 Å². The van der Waals surface area contributed by atoms with Crippen molar-refractivity contribution >= 4 is 11.6 Å². The Morgan fingerprint density at radius 1 is 0.966 bits per heavy atom. The van der Waals surface area contributed by atoms with Gasteiger partial charge < -0.3 is 9.47 Å². The van der Waals surface area contributed by atoms with Crippen LogP contribution in [-0.4, -0.2) is 60.2 Å². The predicted octanol–water partition coefficient (Wildman–Crippen LogP) is 2.00. The van der Waals surface area contributed by atoms with E-state index in [0.717, 1.165) is 56.6 Å². The van der Waals surface area contributed by atoms with Crippen molar-refractivity contribution in [1.29, 1.82) is 0 Å². The summed E-state index contributed by atoms with van der Waals surface area (Å²) in [5, 5.41) is 4.34. The third-order valence-corrected chi connectivity index (χ3v) is 5.42. The molecule has 0 saturated carbocycles. The van der Waals surface area contributed by atoms with Crippen molar-refractivity contribution in [2.24, 2.45) is 0 Å². The van der Waals surface area contributed by atoms with Crippen LogP contribution in [0.25, 0.3) is 5.78 Å². The monoisotopic (exact) mass is 388 g/mol. The molecule has 0 bridgehead atoms. The molecule has 0 N–H and O–H groups in total. The maximum Gasteiger partial charge on any atom is 0.254 e. The third-order valence-electron chi connectivity index (χ3n) is 5.42. The van der Waals surface area contributed by atoms with Crippen molar-refractivity contribution in [3.05, 3.63) is 72.2 Å². The molecule has 1 aliphatic rings. The van der Waals surface area contributed by atoms with Crippen LogP contribution in [0.2, 0.25) is 0 Å². The Morgan fingerprint density at radius 2 is 1.79 bits per heavy atom. The summed E-state index contributed by atoms with van der Waals surface area (Å²) in [7, 11) is 0. The molecular formula is C21H24N8. The number of nitrogens with zero attached hydrogens (tertiary/aromatic N) is 8. The third kappa shape index (κ3) is 3.71. The summed E-state index contributed by atoms with van der Waals surface area (Å²) in [5.41, 5.74) is 2.26. The van der Waals surface area contributed by atoms with Gasteiger partial charge in [0.15, 0.2) is 0 Å². The van der Waals surface area contributed by atoms with Crippen LogP contribution in [0.3, 0.4) is 0 Å². The van der Waals surface area contributed by atoms with Crippen molar-refractivity contribution in [3.63, 3.8) is 0 Å². The summed E-state index contributed by atoms with van der Waals surface area (Å²) in [6.45, 7) is 7.57. The summed E-state index contributed by atoms with van der Waals surface area (Å²) in [4.78, 5) is 18.1. The van der Waals surface area contributed by atoms with Gasteiger partial charge >= 0.3 is 0 Å². The number of anilines is 1. The predicted molar refractivity (Wildman–Crippen MR) is 111 cm³/mol. The van der Waals surface area contributed by atoms with Gasteiger partial charge in [-0.25, -0.2) is 9.97 Å². The minimum absolute atomic E-state index is 0.658. The normalized spacial score (nSPS) is 15.3. The highest BCUT2D eigenvalue weighted by molar-refractivity contribution is 5.47. The molecule has 5 rings (SSSR count). The molecule has 8 heteroatoms. The number of benzene rings is 1. The van der Waals surface area contributed by atoms with Gasteiger partial charge in [-0.15, -0.1) is 0 Å². The van der Waals surface area contributed by atoms with Crippen molar-refractivity contribution in [1.82, 2.24) is 34.0 Å². The first kappa shape index (κ1) is 17.8. The summed E-state index contributed by atoms with van der Waals surface area (Å²) in [6.07, 6.45) is 5.53. The molecule has 4 heterocycles. The molecule has 3 aromatic heterocycles. The van der Waals surface area contributed by atoms with Crippen LogP contribution in [0.5, 0.6) is 0 Å². The van der Waals surface area contributed by atoms with Crippen molar-refractivity contribution < 1.29 is 0 Å². The first-order chi connectivity index (χ1) is 14.3. The summed E-state index contributed by atoms with van der Waals surface area (Å²) < 4.78 is 4.07. The van der Waals surface area contributed by atoms with E-state index < -0.39 is 0 Å². The Bertz CT molecular complexity index is 1090. The summed E-state index contributed by atoms with van der Waals surface area (Å²) in [6, 6.07) is 12.6. The van der Waals surface area contributed by atoms with Gasteiger partial charge in [0.05, 0.1) is 6.54 Å². The molecule has 0 spiro atoms. The molecule has 1 saturated heterocycles. The lowest BCUT2D eigenvalue weighted by Crippen LogP contribution is -2.47. The maximum atomic E-state index is 4.61.